The average molecular weight is 306 g/mol. The van der Waals surface area contributed by atoms with E-state index in [0.717, 1.165) is 22.6 Å². The van der Waals surface area contributed by atoms with Gasteiger partial charge in [0.25, 0.3) is 0 Å². The summed E-state index contributed by atoms with van der Waals surface area (Å²) in [5.74, 6) is 0. The van der Waals surface area contributed by atoms with Crippen LogP contribution in [0.4, 0.5) is 9.93 Å². The van der Waals surface area contributed by atoms with Crippen molar-refractivity contribution in [3.63, 3.8) is 0 Å². The Labute approximate surface area is 127 Å². The van der Waals surface area contributed by atoms with Gasteiger partial charge in [0.2, 0.25) is 0 Å². The minimum absolute atomic E-state index is 0.252. The second-order valence-corrected chi connectivity index (χ2v) is 5.40. The molecule has 2 N–H and O–H groups in total. The number of carbonyl (C=O) groups excluding carboxylic acids is 1. The number of urea groups is 1. The Hall–Kier alpha value is -1.99. The van der Waals surface area contributed by atoms with Crippen LogP contribution in [0.2, 0.25) is 0 Å². The number of anilines is 1. The summed E-state index contributed by atoms with van der Waals surface area (Å²) in [6.45, 7) is 3.11. The molecule has 0 saturated heterocycles. The number of pyridine rings is 1. The van der Waals surface area contributed by atoms with Gasteiger partial charge in [-0.1, -0.05) is 17.4 Å². The third kappa shape index (κ3) is 4.51. The summed E-state index contributed by atoms with van der Waals surface area (Å²) in [6, 6.07) is 3.60. The molecule has 0 saturated carbocycles. The number of carbonyl (C=O) groups is 1. The van der Waals surface area contributed by atoms with E-state index in [1.165, 1.54) is 11.3 Å². The normalized spacial score (nSPS) is 10.4. The molecule has 0 radical (unpaired) electrons. The first kappa shape index (κ1) is 15.4. The Morgan fingerprint density at radius 1 is 1.48 bits per heavy atom. The highest BCUT2D eigenvalue weighted by Crippen LogP contribution is 2.31. The van der Waals surface area contributed by atoms with Crippen LogP contribution in [-0.2, 0) is 4.74 Å². The van der Waals surface area contributed by atoms with Gasteiger partial charge in [-0.3, -0.25) is 10.3 Å². The molecule has 6 nitrogen and oxygen atoms in total. The molecule has 112 valence electrons. The van der Waals surface area contributed by atoms with Crippen molar-refractivity contribution in [3.05, 3.63) is 30.2 Å². The second-order valence-electron chi connectivity index (χ2n) is 4.40. The summed E-state index contributed by atoms with van der Waals surface area (Å²) in [7, 11) is 1.64. The van der Waals surface area contributed by atoms with E-state index in [4.69, 9.17) is 4.74 Å². The highest BCUT2D eigenvalue weighted by molar-refractivity contribution is 7.19. The van der Waals surface area contributed by atoms with Gasteiger partial charge in [-0.2, -0.15) is 0 Å². The van der Waals surface area contributed by atoms with Crippen molar-refractivity contribution >= 4 is 22.5 Å². The molecule has 2 aromatic heterocycles. The quantitative estimate of drug-likeness (QED) is 0.805. The number of rotatable bonds is 6. The lowest BCUT2D eigenvalue weighted by Gasteiger charge is -2.04. The van der Waals surface area contributed by atoms with Gasteiger partial charge in [-0.15, -0.1) is 0 Å². The first-order valence-electron chi connectivity index (χ1n) is 6.62. The summed E-state index contributed by atoms with van der Waals surface area (Å²) in [5, 5.41) is 6.08. The number of nitrogens with zero attached hydrogens (tertiary/aromatic N) is 2. The predicted molar refractivity (Wildman–Crippen MR) is 83.6 cm³/mol. The summed E-state index contributed by atoms with van der Waals surface area (Å²) in [4.78, 5) is 21.2. The third-order valence-electron chi connectivity index (χ3n) is 2.75. The fourth-order valence-electron chi connectivity index (χ4n) is 1.77. The molecule has 2 rings (SSSR count). The SMILES string of the molecule is COCCCNC(=O)Nc1nc(C)c(-c2cccnc2)s1. The van der Waals surface area contributed by atoms with Gasteiger partial charge in [0, 0.05) is 38.2 Å². The standard InChI is InChI=1S/C14H18N4O2S/c1-10-12(11-5-3-6-15-9-11)21-14(17-10)18-13(19)16-7-4-8-20-2/h3,5-6,9H,4,7-8H2,1-2H3,(H2,16,17,18,19). The molecule has 0 fully saturated rings. The van der Waals surface area contributed by atoms with Crippen LogP contribution in [0.3, 0.4) is 0 Å². The highest BCUT2D eigenvalue weighted by Gasteiger charge is 2.11. The van der Waals surface area contributed by atoms with Crippen molar-refractivity contribution in [2.75, 3.05) is 25.6 Å². The molecule has 0 spiro atoms. The topological polar surface area (TPSA) is 76.1 Å². The van der Waals surface area contributed by atoms with Gasteiger partial charge >= 0.3 is 6.03 Å². The monoisotopic (exact) mass is 306 g/mol. The molecule has 0 aliphatic carbocycles. The van der Waals surface area contributed by atoms with Crippen molar-refractivity contribution < 1.29 is 9.53 Å². The van der Waals surface area contributed by atoms with Crippen LogP contribution >= 0.6 is 11.3 Å². The first-order chi connectivity index (χ1) is 10.2. The Morgan fingerprint density at radius 2 is 2.33 bits per heavy atom. The number of aromatic nitrogens is 2. The Balaban J connectivity index is 1.95. The minimum Gasteiger partial charge on any atom is -0.385 e. The minimum atomic E-state index is -0.252. The average Bonchev–Trinajstić information content (AvgIpc) is 2.85. The molecule has 0 aromatic carbocycles. The highest BCUT2D eigenvalue weighted by atomic mass is 32.1. The number of thiazole rings is 1. The van der Waals surface area contributed by atoms with Crippen LogP contribution in [0.25, 0.3) is 10.4 Å². The predicted octanol–water partition coefficient (Wildman–Crippen LogP) is 2.67. The first-order valence-corrected chi connectivity index (χ1v) is 7.44. The van der Waals surface area contributed by atoms with Crippen LogP contribution < -0.4 is 10.6 Å². The van der Waals surface area contributed by atoms with Crippen LogP contribution in [0.15, 0.2) is 24.5 Å². The van der Waals surface area contributed by atoms with E-state index in [2.05, 4.69) is 20.6 Å². The van der Waals surface area contributed by atoms with E-state index in [1.807, 2.05) is 19.1 Å². The lowest BCUT2D eigenvalue weighted by atomic mass is 10.2. The van der Waals surface area contributed by atoms with Gasteiger partial charge in [0.15, 0.2) is 5.13 Å². The molecule has 2 heterocycles. The Bertz CT molecular complexity index is 586. The third-order valence-corrected chi connectivity index (χ3v) is 3.87. The number of nitrogens with one attached hydrogen (secondary N) is 2. The Kier molecular flexibility index (Phi) is 5.65. The number of aryl methyl sites for hydroxylation is 1. The molecule has 0 bridgehead atoms. The number of ether oxygens (including phenoxy) is 1. The van der Waals surface area contributed by atoms with Crippen molar-refractivity contribution in [2.45, 2.75) is 13.3 Å². The number of hydrogen-bond donors (Lipinski definition) is 2. The van der Waals surface area contributed by atoms with Gasteiger partial charge in [0.05, 0.1) is 10.6 Å². The second kappa shape index (κ2) is 7.70. The molecule has 0 aliphatic heterocycles. The summed E-state index contributed by atoms with van der Waals surface area (Å²) >= 11 is 1.44. The lowest BCUT2D eigenvalue weighted by Crippen LogP contribution is -2.29. The molecule has 0 atom stereocenters. The van der Waals surface area contributed by atoms with E-state index < -0.39 is 0 Å². The van der Waals surface area contributed by atoms with E-state index in [0.29, 0.717) is 18.3 Å². The summed E-state index contributed by atoms with van der Waals surface area (Å²) in [5.41, 5.74) is 1.88. The zero-order chi connectivity index (χ0) is 15.1. The molecule has 21 heavy (non-hydrogen) atoms. The van der Waals surface area contributed by atoms with Crippen molar-refractivity contribution in [1.29, 1.82) is 0 Å². The van der Waals surface area contributed by atoms with Crippen LogP contribution in [0.1, 0.15) is 12.1 Å². The number of amides is 2. The summed E-state index contributed by atoms with van der Waals surface area (Å²) < 4.78 is 4.92. The Morgan fingerprint density at radius 3 is 3.05 bits per heavy atom. The van der Waals surface area contributed by atoms with Crippen molar-refractivity contribution in [2.24, 2.45) is 0 Å². The molecule has 0 aliphatic rings. The fourth-order valence-corrected chi connectivity index (χ4v) is 2.73. The zero-order valence-electron chi connectivity index (χ0n) is 12.0. The maximum atomic E-state index is 11.7. The smallest absolute Gasteiger partial charge is 0.321 e. The van der Waals surface area contributed by atoms with Crippen LogP contribution in [-0.4, -0.2) is 36.3 Å². The van der Waals surface area contributed by atoms with Gasteiger partial charge in [0.1, 0.15) is 0 Å². The zero-order valence-corrected chi connectivity index (χ0v) is 12.9. The molecular weight excluding hydrogens is 288 g/mol. The van der Waals surface area contributed by atoms with E-state index in [9.17, 15) is 4.79 Å². The molecule has 7 heteroatoms. The van der Waals surface area contributed by atoms with E-state index in [-0.39, 0.29) is 6.03 Å². The molecule has 0 unspecified atom stereocenters. The van der Waals surface area contributed by atoms with Crippen molar-refractivity contribution in [1.82, 2.24) is 15.3 Å². The van der Waals surface area contributed by atoms with E-state index in [1.54, 1.807) is 19.5 Å². The summed E-state index contributed by atoms with van der Waals surface area (Å²) in [6.07, 6.45) is 4.29. The van der Waals surface area contributed by atoms with Crippen LogP contribution in [0.5, 0.6) is 0 Å². The van der Waals surface area contributed by atoms with Gasteiger partial charge in [-0.25, -0.2) is 9.78 Å². The maximum absolute atomic E-state index is 11.7. The molecule has 2 amide bonds. The van der Waals surface area contributed by atoms with Gasteiger partial charge < -0.3 is 10.1 Å². The molecular formula is C14H18N4O2S. The largest absolute Gasteiger partial charge is 0.385 e. The number of hydrogen-bond acceptors (Lipinski definition) is 5. The molecule has 2 aromatic rings. The van der Waals surface area contributed by atoms with Gasteiger partial charge in [-0.05, 0) is 19.4 Å². The van der Waals surface area contributed by atoms with Crippen LogP contribution in [0, 0.1) is 6.92 Å². The number of methoxy groups -OCH3 is 1. The maximum Gasteiger partial charge on any atom is 0.321 e. The lowest BCUT2D eigenvalue weighted by molar-refractivity contribution is 0.194. The fraction of sp³-hybridized carbons (Fsp3) is 0.357. The van der Waals surface area contributed by atoms with Crippen molar-refractivity contribution in [3.8, 4) is 10.4 Å². The van der Waals surface area contributed by atoms with E-state index >= 15 is 0 Å².